The predicted octanol–water partition coefficient (Wildman–Crippen LogP) is 4.46. The second kappa shape index (κ2) is 6.27. The van der Waals surface area contributed by atoms with Crippen molar-refractivity contribution < 1.29 is 0 Å². The molecule has 2 aromatic rings. The molecule has 0 saturated heterocycles. The molecule has 20 heavy (non-hydrogen) atoms. The molecule has 2 heterocycles. The van der Waals surface area contributed by atoms with Crippen molar-refractivity contribution in [2.45, 2.75) is 45.1 Å². The van der Waals surface area contributed by atoms with Crippen LogP contribution in [0, 0.1) is 5.92 Å². The molecule has 1 fully saturated rings. The van der Waals surface area contributed by atoms with E-state index in [9.17, 15) is 0 Å². The van der Waals surface area contributed by atoms with Crippen LogP contribution < -0.4 is 5.32 Å². The number of nitrogens with zero attached hydrogens (tertiary/aromatic N) is 2. The number of hydrogen-bond acceptors (Lipinski definition) is 4. The minimum absolute atomic E-state index is 0.448. The third-order valence-electron chi connectivity index (χ3n) is 4.16. The van der Waals surface area contributed by atoms with E-state index in [4.69, 9.17) is 11.6 Å². The highest BCUT2D eigenvalue weighted by Crippen LogP contribution is 2.32. The SMILES string of the molecule is CCc1cc2c(NC3CCCCC3CCl)ncnc2s1. The Kier molecular flexibility index (Phi) is 4.41. The zero-order chi connectivity index (χ0) is 13.9. The van der Waals surface area contributed by atoms with Gasteiger partial charge in [-0.05, 0) is 31.2 Å². The largest absolute Gasteiger partial charge is 0.366 e. The summed E-state index contributed by atoms with van der Waals surface area (Å²) >= 11 is 7.88. The van der Waals surface area contributed by atoms with Crippen LogP contribution in [0.5, 0.6) is 0 Å². The van der Waals surface area contributed by atoms with E-state index in [0.29, 0.717) is 12.0 Å². The Bertz CT molecular complexity index is 584. The Morgan fingerprint density at radius 2 is 2.20 bits per heavy atom. The summed E-state index contributed by atoms with van der Waals surface area (Å²) in [5.74, 6) is 2.27. The number of fused-ring (bicyclic) bond motifs is 1. The van der Waals surface area contributed by atoms with E-state index >= 15 is 0 Å². The van der Waals surface area contributed by atoms with E-state index in [2.05, 4.69) is 28.3 Å². The smallest absolute Gasteiger partial charge is 0.138 e. The van der Waals surface area contributed by atoms with Crippen molar-refractivity contribution in [3.05, 3.63) is 17.3 Å². The van der Waals surface area contributed by atoms with Gasteiger partial charge in [0.05, 0.1) is 5.39 Å². The highest BCUT2D eigenvalue weighted by molar-refractivity contribution is 7.18. The Labute approximate surface area is 128 Å². The zero-order valence-corrected chi connectivity index (χ0v) is 13.3. The van der Waals surface area contributed by atoms with Crippen LogP contribution in [0.2, 0.25) is 0 Å². The quantitative estimate of drug-likeness (QED) is 0.847. The normalized spacial score (nSPS) is 23.1. The number of nitrogens with one attached hydrogen (secondary N) is 1. The first kappa shape index (κ1) is 14.1. The van der Waals surface area contributed by atoms with Gasteiger partial charge >= 0.3 is 0 Å². The molecule has 1 N–H and O–H groups in total. The molecule has 1 aliphatic carbocycles. The second-order valence-electron chi connectivity index (χ2n) is 5.46. The lowest BCUT2D eigenvalue weighted by molar-refractivity contribution is 0.353. The topological polar surface area (TPSA) is 37.8 Å². The van der Waals surface area contributed by atoms with Crippen LogP contribution in [0.15, 0.2) is 12.4 Å². The van der Waals surface area contributed by atoms with Gasteiger partial charge in [0.25, 0.3) is 0 Å². The molecule has 0 bridgehead atoms. The van der Waals surface area contributed by atoms with E-state index in [1.54, 1.807) is 17.7 Å². The molecule has 0 amide bonds. The lowest BCUT2D eigenvalue weighted by Crippen LogP contribution is -2.33. The van der Waals surface area contributed by atoms with Gasteiger partial charge in [-0.2, -0.15) is 0 Å². The molecule has 3 rings (SSSR count). The van der Waals surface area contributed by atoms with Gasteiger partial charge in [-0.3, -0.25) is 0 Å². The molecule has 0 aromatic carbocycles. The monoisotopic (exact) mass is 309 g/mol. The third kappa shape index (κ3) is 2.77. The third-order valence-corrected chi connectivity index (χ3v) is 5.74. The average Bonchev–Trinajstić information content (AvgIpc) is 2.92. The highest BCUT2D eigenvalue weighted by atomic mass is 35.5. The molecule has 1 aliphatic rings. The lowest BCUT2D eigenvalue weighted by atomic mass is 9.86. The molecular weight excluding hydrogens is 290 g/mol. The van der Waals surface area contributed by atoms with Gasteiger partial charge in [-0.1, -0.05) is 19.8 Å². The van der Waals surface area contributed by atoms with E-state index in [1.807, 2.05) is 0 Å². The fourth-order valence-corrected chi connectivity index (χ4v) is 4.26. The molecule has 0 aliphatic heterocycles. The molecule has 0 spiro atoms. The summed E-state index contributed by atoms with van der Waals surface area (Å²) in [6, 6.07) is 2.67. The number of hydrogen-bond donors (Lipinski definition) is 1. The summed E-state index contributed by atoms with van der Waals surface area (Å²) < 4.78 is 0. The number of anilines is 1. The van der Waals surface area contributed by atoms with E-state index in [-0.39, 0.29) is 0 Å². The van der Waals surface area contributed by atoms with Crippen LogP contribution >= 0.6 is 22.9 Å². The summed E-state index contributed by atoms with van der Waals surface area (Å²) in [5, 5.41) is 4.79. The van der Waals surface area contributed by atoms with Gasteiger partial charge in [0.1, 0.15) is 17.0 Å². The van der Waals surface area contributed by atoms with Gasteiger partial charge in [0, 0.05) is 16.8 Å². The molecular formula is C15H20ClN3S. The van der Waals surface area contributed by atoms with Crippen LogP contribution in [0.25, 0.3) is 10.2 Å². The van der Waals surface area contributed by atoms with Crippen molar-refractivity contribution >= 4 is 39.0 Å². The number of rotatable bonds is 4. The van der Waals surface area contributed by atoms with Crippen molar-refractivity contribution in [2.24, 2.45) is 5.92 Å². The maximum atomic E-state index is 6.12. The maximum Gasteiger partial charge on any atom is 0.138 e. The predicted molar refractivity (Wildman–Crippen MR) is 86.9 cm³/mol. The molecule has 3 nitrogen and oxygen atoms in total. The van der Waals surface area contributed by atoms with Crippen molar-refractivity contribution in [1.29, 1.82) is 0 Å². The molecule has 5 heteroatoms. The summed E-state index contributed by atoms with van der Waals surface area (Å²) in [6.07, 6.45) is 7.70. The molecule has 1 saturated carbocycles. The fourth-order valence-electron chi connectivity index (χ4n) is 2.95. The fraction of sp³-hybridized carbons (Fsp3) is 0.600. The van der Waals surface area contributed by atoms with E-state index in [1.165, 1.54) is 30.6 Å². The first-order valence-electron chi connectivity index (χ1n) is 7.37. The summed E-state index contributed by atoms with van der Waals surface area (Å²) in [4.78, 5) is 11.3. The molecule has 2 aromatic heterocycles. The Hall–Kier alpha value is -0.870. The second-order valence-corrected chi connectivity index (χ2v) is 6.88. The summed E-state index contributed by atoms with van der Waals surface area (Å²) in [7, 11) is 0. The number of aromatic nitrogens is 2. The standard InChI is InChI=1S/C15H20ClN3S/c1-2-11-7-12-14(17-9-18-15(12)20-11)19-13-6-4-3-5-10(13)8-16/h7,9-10,13H,2-6,8H2,1H3,(H,17,18,19). The van der Waals surface area contributed by atoms with Crippen molar-refractivity contribution in [1.82, 2.24) is 9.97 Å². The maximum absolute atomic E-state index is 6.12. The van der Waals surface area contributed by atoms with Gasteiger partial charge in [-0.15, -0.1) is 22.9 Å². The van der Waals surface area contributed by atoms with Gasteiger partial charge in [0.2, 0.25) is 0 Å². The number of aryl methyl sites for hydroxylation is 1. The van der Waals surface area contributed by atoms with E-state index < -0.39 is 0 Å². The Morgan fingerprint density at radius 1 is 1.35 bits per heavy atom. The number of halogens is 1. The van der Waals surface area contributed by atoms with Crippen molar-refractivity contribution in [3.8, 4) is 0 Å². The molecule has 0 radical (unpaired) electrons. The van der Waals surface area contributed by atoms with Crippen LogP contribution in [-0.2, 0) is 6.42 Å². The molecule has 2 atom stereocenters. The molecule has 108 valence electrons. The van der Waals surface area contributed by atoms with E-state index in [0.717, 1.165) is 28.3 Å². The van der Waals surface area contributed by atoms with Crippen LogP contribution in [0.1, 0.15) is 37.5 Å². The highest BCUT2D eigenvalue weighted by Gasteiger charge is 2.25. The van der Waals surface area contributed by atoms with Crippen molar-refractivity contribution in [2.75, 3.05) is 11.2 Å². The zero-order valence-electron chi connectivity index (χ0n) is 11.7. The first-order valence-corrected chi connectivity index (χ1v) is 8.72. The van der Waals surface area contributed by atoms with Crippen LogP contribution in [0.3, 0.4) is 0 Å². The summed E-state index contributed by atoms with van der Waals surface area (Å²) in [6.45, 7) is 2.18. The number of thiophene rings is 1. The van der Waals surface area contributed by atoms with Crippen LogP contribution in [0.4, 0.5) is 5.82 Å². The van der Waals surface area contributed by atoms with Gasteiger partial charge < -0.3 is 5.32 Å². The van der Waals surface area contributed by atoms with Crippen LogP contribution in [-0.4, -0.2) is 21.9 Å². The van der Waals surface area contributed by atoms with Crippen molar-refractivity contribution in [3.63, 3.8) is 0 Å². The van der Waals surface area contributed by atoms with Gasteiger partial charge in [-0.25, -0.2) is 9.97 Å². The minimum Gasteiger partial charge on any atom is -0.366 e. The average molecular weight is 310 g/mol. The lowest BCUT2D eigenvalue weighted by Gasteiger charge is -2.31. The minimum atomic E-state index is 0.448. The first-order chi connectivity index (χ1) is 9.81. The molecule has 2 unspecified atom stereocenters. The Morgan fingerprint density at radius 3 is 3.00 bits per heavy atom. The van der Waals surface area contributed by atoms with Gasteiger partial charge in [0.15, 0.2) is 0 Å². The Balaban J connectivity index is 1.87. The number of alkyl halides is 1. The summed E-state index contributed by atoms with van der Waals surface area (Å²) in [5.41, 5.74) is 0.